The molecule has 0 fully saturated rings. The minimum Gasteiger partial charge on any atom is -0.426 e. The molecule has 0 unspecified atom stereocenters. The van der Waals surface area contributed by atoms with Crippen molar-refractivity contribution in [2.24, 2.45) is 0 Å². The zero-order valence-electron chi connectivity index (χ0n) is 16.9. The predicted octanol–water partition coefficient (Wildman–Crippen LogP) is 3.96. The number of ether oxygens (including phenoxy) is 2. The molecule has 29 heavy (non-hydrogen) atoms. The molecule has 0 aliphatic carbocycles. The maximum absolute atomic E-state index is 12.2. The highest BCUT2D eigenvalue weighted by atomic mass is 16.5. The quantitative estimate of drug-likeness (QED) is 0.414. The fraction of sp³-hybridized carbons (Fsp3) is 0.318. The van der Waals surface area contributed by atoms with Crippen molar-refractivity contribution in [1.82, 2.24) is 0 Å². The number of aliphatic hydroxyl groups excluding tert-OH is 1. The highest BCUT2D eigenvalue weighted by molar-refractivity contribution is 5.95. The fourth-order valence-corrected chi connectivity index (χ4v) is 2.21. The molecule has 2 rings (SSSR count). The molecule has 0 atom stereocenters. The first-order chi connectivity index (χ1) is 13.9. The van der Waals surface area contributed by atoms with Gasteiger partial charge in [-0.25, -0.2) is 4.79 Å². The van der Waals surface area contributed by atoms with Gasteiger partial charge in [0.05, 0.1) is 0 Å². The van der Waals surface area contributed by atoms with Gasteiger partial charge in [-0.1, -0.05) is 31.9 Å². The number of hydrogen-bond acceptors (Lipinski definition) is 6. The SMILES string of the molecule is CC(=O)Nc1ccc(OC(=O)c2ccccc2OC(C)=O)cc1.CCCCCO. The molecule has 0 aromatic heterocycles. The van der Waals surface area contributed by atoms with Crippen LogP contribution in [0.1, 0.15) is 50.4 Å². The lowest BCUT2D eigenvalue weighted by Gasteiger charge is -2.09. The molecule has 7 heteroatoms. The molecule has 2 aromatic rings. The molecule has 0 saturated carbocycles. The molecule has 2 N–H and O–H groups in total. The lowest BCUT2D eigenvalue weighted by atomic mass is 10.2. The van der Waals surface area contributed by atoms with E-state index >= 15 is 0 Å². The Morgan fingerprint density at radius 3 is 2.10 bits per heavy atom. The van der Waals surface area contributed by atoms with Gasteiger partial charge in [0.1, 0.15) is 17.1 Å². The van der Waals surface area contributed by atoms with E-state index in [4.69, 9.17) is 14.6 Å². The number of nitrogens with one attached hydrogen (secondary N) is 1. The second kappa shape index (κ2) is 13.1. The molecule has 0 radical (unpaired) electrons. The summed E-state index contributed by atoms with van der Waals surface area (Å²) in [5, 5.41) is 10.8. The van der Waals surface area contributed by atoms with E-state index in [1.165, 1.54) is 32.4 Å². The highest BCUT2D eigenvalue weighted by Crippen LogP contribution is 2.22. The Labute approximate surface area is 170 Å². The Bertz CT molecular complexity index is 797. The number of carbonyl (C=O) groups excluding carboxylic acids is 3. The summed E-state index contributed by atoms with van der Waals surface area (Å²) < 4.78 is 10.2. The van der Waals surface area contributed by atoms with Gasteiger partial charge in [0.25, 0.3) is 0 Å². The van der Waals surface area contributed by atoms with Gasteiger partial charge in [-0.3, -0.25) is 9.59 Å². The maximum atomic E-state index is 12.2. The minimum atomic E-state index is -0.644. The van der Waals surface area contributed by atoms with Gasteiger partial charge in [-0.15, -0.1) is 0 Å². The van der Waals surface area contributed by atoms with Crippen molar-refractivity contribution in [3.8, 4) is 11.5 Å². The smallest absolute Gasteiger partial charge is 0.347 e. The van der Waals surface area contributed by atoms with Crippen LogP contribution >= 0.6 is 0 Å². The normalized spacial score (nSPS) is 9.66. The van der Waals surface area contributed by atoms with Crippen molar-refractivity contribution in [2.75, 3.05) is 11.9 Å². The minimum absolute atomic E-state index is 0.139. The third-order valence-corrected chi connectivity index (χ3v) is 3.51. The van der Waals surface area contributed by atoms with Crippen molar-refractivity contribution in [1.29, 1.82) is 0 Å². The van der Waals surface area contributed by atoms with Gasteiger partial charge in [0.15, 0.2) is 0 Å². The second-order valence-corrected chi connectivity index (χ2v) is 6.12. The highest BCUT2D eigenvalue weighted by Gasteiger charge is 2.15. The van der Waals surface area contributed by atoms with Gasteiger partial charge < -0.3 is 19.9 Å². The molecule has 2 aromatic carbocycles. The predicted molar refractivity (Wildman–Crippen MR) is 110 cm³/mol. The number of aliphatic hydroxyl groups is 1. The van der Waals surface area contributed by atoms with Crippen molar-refractivity contribution in [3.05, 3.63) is 54.1 Å². The number of anilines is 1. The summed E-state index contributed by atoms with van der Waals surface area (Å²) >= 11 is 0. The molecule has 156 valence electrons. The fourth-order valence-electron chi connectivity index (χ4n) is 2.21. The number of rotatable bonds is 7. The Morgan fingerprint density at radius 1 is 0.931 bits per heavy atom. The molecule has 0 aliphatic heterocycles. The summed E-state index contributed by atoms with van der Waals surface area (Å²) in [5.41, 5.74) is 0.742. The summed E-state index contributed by atoms with van der Waals surface area (Å²) in [7, 11) is 0. The summed E-state index contributed by atoms with van der Waals surface area (Å²) in [5.74, 6) is -0.911. The summed E-state index contributed by atoms with van der Waals surface area (Å²) in [6.45, 7) is 5.13. The number of unbranched alkanes of at least 4 members (excludes halogenated alkanes) is 2. The third kappa shape index (κ3) is 9.53. The molecular weight excluding hydrogens is 374 g/mol. The van der Waals surface area contributed by atoms with Crippen LogP contribution in [0.3, 0.4) is 0 Å². The molecule has 7 nitrogen and oxygen atoms in total. The van der Waals surface area contributed by atoms with Crippen LogP contribution in [0.2, 0.25) is 0 Å². The van der Waals surface area contributed by atoms with Gasteiger partial charge >= 0.3 is 11.9 Å². The van der Waals surface area contributed by atoms with Crippen LogP contribution < -0.4 is 14.8 Å². The number of benzene rings is 2. The second-order valence-electron chi connectivity index (χ2n) is 6.12. The van der Waals surface area contributed by atoms with Crippen LogP contribution in [0.25, 0.3) is 0 Å². The molecule has 0 aliphatic rings. The molecule has 1 amide bonds. The maximum Gasteiger partial charge on any atom is 0.347 e. The standard InChI is InChI=1S/C17H15NO5.C5H12O/c1-11(19)18-13-7-9-14(10-8-13)23-17(21)15-5-3-4-6-16(15)22-12(2)20;1-2-3-4-5-6/h3-10H,1-2H3,(H,18,19);6H,2-5H2,1H3. The first-order valence-electron chi connectivity index (χ1n) is 9.35. The van der Waals surface area contributed by atoms with Gasteiger partial charge in [-0.05, 0) is 42.8 Å². The van der Waals surface area contributed by atoms with E-state index in [9.17, 15) is 14.4 Å². The average molecular weight is 401 g/mol. The molecule has 0 heterocycles. The average Bonchev–Trinajstić information content (AvgIpc) is 2.68. The third-order valence-electron chi connectivity index (χ3n) is 3.51. The van der Waals surface area contributed by atoms with Crippen molar-refractivity contribution in [3.63, 3.8) is 0 Å². The van der Waals surface area contributed by atoms with Crippen LogP contribution in [0.4, 0.5) is 5.69 Å². The Balaban J connectivity index is 0.000000612. The lowest BCUT2D eigenvalue weighted by molar-refractivity contribution is -0.131. The number of carbonyl (C=O) groups is 3. The van der Waals surface area contributed by atoms with Crippen molar-refractivity contribution < 1.29 is 29.0 Å². The number of para-hydroxylation sites is 1. The summed E-state index contributed by atoms with van der Waals surface area (Å²) in [4.78, 5) is 34.2. The van der Waals surface area contributed by atoms with E-state index in [1.54, 1.807) is 36.4 Å². The van der Waals surface area contributed by atoms with Gasteiger partial charge in [0.2, 0.25) is 5.91 Å². The van der Waals surface area contributed by atoms with Gasteiger partial charge in [-0.2, -0.15) is 0 Å². The van der Waals surface area contributed by atoms with Crippen molar-refractivity contribution in [2.45, 2.75) is 40.0 Å². The van der Waals surface area contributed by atoms with E-state index in [2.05, 4.69) is 12.2 Å². The summed E-state index contributed by atoms with van der Waals surface area (Å²) in [6, 6.07) is 12.6. The van der Waals surface area contributed by atoms with E-state index < -0.39 is 11.9 Å². The lowest BCUT2D eigenvalue weighted by Crippen LogP contribution is -2.12. The molecule has 0 spiro atoms. The largest absolute Gasteiger partial charge is 0.426 e. The van der Waals surface area contributed by atoms with Crippen molar-refractivity contribution >= 4 is 23.5 Å². The van der Waals surface area contributed by atoms with E-state index in [1.807, 2.05) is 0 Å². The van der Waals surface area contributed by atoms with Crippen LogP contribution in [-0.4, -0.2) is 29.6 Å². The van der Waals surface area contributed by atoms with Gasteiger partial charge in [0, 0.05) is 26.1 Å². The monoisotopic (exact) mass is 401 g/mol. The number of esters is 2. The van der Waals surface area contributed by atoms with Crippen LogP contribution in [0.15, 0.2) is 48.5 Å². The Hall–Kier alpha value is -3.19. The van der Waals surface area contributed by atoms with E-state index in [0.717, 1.165) is 12.8 Å². The first-order valence-corrected chi connectivity index (χ1v) is 9.35. The zero-order valence-corrected chi connectivity index (χ0v) is 16.9. The Kier molecular flexibility index (Phi) is 10.7. The number of hydrogen-bond donors (Lipinski definition) is 2. The molecule has 0 saturated heterocycles. The zero-order chi connectivity index (χ0) is 21.6. The topological polar surface area (TPSA) is 102 Å². The molecular formula is C22H27NO6. The number of amides is 1. The van der Waals surface area contributed by atoms with Crippen LogP contribution in [0, 0.1) is 0 Å². The molecule has 0 bridgehead atoms. The summed E-state index contributed by atoms with van der Waals surface area (Å²) in [6.07, 6.45) is 3.33. The Morgan fingerprint density at radius 2 is 1.59 bits per heavy atom. The first kappa shape index (κ1) is 23.8. The van der Waals surface area contributed by atoms with E-state index in [0.29, 0.717) is 18.0 Å². The van der Waals surface area contributed by atoms with Crippen LogP contribution in [0.5, 0.6) is 11.5 Å². The van der Waals surface area contributed by atoms with E-state index in [-0.39, 0.29) is 17.2 Å². The van der Waals surface area contributed by atoms with Crippen LogP contribution in [-0.2, 0) is 9.59 Å².